The number of phenolic OH excluding ortho intramolecular Hbond substituents is 4. The van der Waals surface area contributed by atoms with Gasteiger partial charge in [-0.1, -0.05) is 121 Å². The van der Waals surface area contributed by atoms with Crippen molar-refractivity contribution in [1.82, 2.24) is 0 Å². The van der Waals surface area contributed by atoms with Crippen molar-refractivity contribution >= 4 is 17.1 Å². The van der Waals surface area contributed by atoms with Crippen LogP contribution in [0.3, 0.4) is 0 Å². The van der Waals surface area contributed by atoms with Crippen molar-refractivity contribution in [2.75, 3.05) is 0 Å². The van der Waals surface area contributed by atoms with Gasteiger partial charge in [-0.05, 0) is 151 Å². The van der Waals surface area contributed by atoms with E-state index in [0.717, 1.165) is 24.7 Å². The van der Waals surface area contributed by atoms with Crippen LogP contribution in [0.25, 0.3) is 5.57 Å². The molecule has 6 nitrogen and oxygen atoms in total. The summed E-state index contributed by atoms with van der Waals surface area (Å²) in [5, 5.41) is 37.9. The predicted molar refractivity (Wildman–Crippen MR) is 242 cm³/mol. The second kappa shape index (κ2) is 25.5. The number of Topliss-reactive ketones (excluding diaryl/α,β-unsaturated/α-hetero) is 1. The minimum Gasteiger partial charge on any atom is -0.508 e. The number of hydrogen-bond acceptors (Lipinski definition) is 6. The summed E-state index contributed by atoms with van der Waals surface area (Å²) < 4.78 is 0. The van der Waals surface area contributed by atoms with E-state index in [0.29, 0.717) is 52.1 Å². The predicted octanol–water partition coefficient (Wildman–Crippen LogP) is 13.6. The molecule has 4 aliphatic rings. The Morgan fingerprint density at radius 3 is 1.08 bits per heavy atom. The van der Waals surface area contributed by atoms with Crippen LogP contribution in [0.4, 0.5) is 0 Å². The van der Waals surface area contributed by atoms with E-state index in [2.05, 4.69) is 13.8 Å². The number of aromatic hydroxyl groups is 4. The minimum atomic E-state index is -0.139. The second-order valence-electron chi connectivity index (χ2n) is 18.3. The number of rotatable bonds is 12. The third-order valence-electron chi connectivity index (χ3n) is 14.0. The monoisotopic (exact) mass is 924 g/mol. The molecule has 62 heavy (non-hydrogen) atoms. The van der Waals surface area contributed by atoms with Crippen LogP contribution in [-0.2, 0) is 38.9 Å². The molecule has 0 bridgehead atoms. The molecule has 336 valence electrons. The first-order chi connectivity index (χ1) is 29.0. The number of phenols is 4. The zero-order valence-corrected chi connectivity index (χ0v) is 39.0. The molecule has 4 saturated carbocycles. The van der Waals surface area contributed by atoms with Crippen LogP contribution in [0.15, 0.2) is 103 Å². The first-order valence-electron chi connectivity index (χ1n) is 23.0. The normalized spacial score (nSPS) is 17.6. The summed E-state index contributed by atoms with van der Waals surface area (Å²) in [4.78, 5) is 23.9. The van der Waals surface area contributed by atoms with Gasteiger partial charge < -0.3 is 20.4 Å². The van der Waals surface area contributed by atoms with Crippen LogP contribution in [-0.4, -0.2) is 32.0 Å². The molecule has 4 aromatic rings. The number of carbonyl (C=O) groups is 2. The molecular weight excluding hydrogens is 856 g/mol. The maximum absolute atomic E-state index is 12.0. The second-order valence-corrected chi connectivity index (χ2v) is 18.3. The Morgan fingerprint density at radius 1 is 0.435 bits per heavy atom. The Bertz CT molecular complexity index is 1870. The first kappa shape index (κ1) is 50.8. The van der Waals surface area contributed by atoms with Gasteiger partial charge in [0.15, 0.2) is 5.78 Å². The number of carbonyl (C=O) groups excluding carboxylic acids is 2. The van der Waals surface area contributed by atoms with Gasteiger partial charge in [-0.2, -0.15) is 0 Å². The number of ketones is 2. The van der Waals surface area contributed by atoms with Crippen LogP contribution in [0.2, 0.25) is 0 Å². The molecule has 0 spiro atoms. The molecule has 0 amide bonds. The van der Waals surface area contributed by atoms with Crippen LogP contribution in [0.5, 0.6) is 23.0 Å². The van der Waals surface area contributed by atoms with Gasteiger partial charge in [0.25, 0.3) is 0 Å². The van der Waals surface area contributed by atoms with Crippen LogP contribution >= 0.6 is 0 Å². The van der Waals surface area contributed by atoms with Crippen molar-refractivity contribution in [3.63, 3.8) is 0 Å². The van der Waals surface area contributed by atoms with E-state index in [9.17, 15) is 19.8 Å². The largest absolute Gasteiger partial charge is 0.508 e. The van der Waals surface area contributed by atoms with E-state index < -0.39 is 0 Å². The maximum Gasteiger partial charge on any atom is 0.193 e. The number of benzene rings is 4. The van der Waals surface area contributed by atoms with Gasteiger partial charge in [0.2, 0.25) is 0 Å². The smallest absolute Gasteiger partial charge is 0.193 e. The van der Waals surface area contributed by atoms with Crippen molar-refractivity contribution in [3.8, 4) is 23.0 Å². The van der Waals surface area contributed by atoms with Gasteiger partial charge >= 0.3 is 0 Å². The summed E-state index contributed by atoms with van der Waals surface area (Å²) in [6, 6.07) is 27.5. The maximum atomic E-state index is 12.0. The van der Waals surface area contributed by atoms with Crippen molar-refractivity contribution < 1.29 is 64.2 Å². The Kier molecular flexibility index (Phi) is 20.9. The molecule has 4 aromatic carbocycles. The fourth-order valence-corrected chi connectivity index (χ4v) is 10.4. The molecule has 8 rings (SSSR count). The van der Waals surface area contributed by atoms with E-state index in [4.69, 9.17) is 10.2 Å². The van der Waals surface area contributed by atoms with Gasteiger partial charge in [0.1, 0.15) is 28.8 Å². The van der Waals surface area contributed by atoms with Crippen molar-refractivity contribution in [3.05, 3.63) is 125 Å². The van der Waals surface area contributed by atoms with E-state index >= 15 is 0 Å². The van der Waals surface area contributed by atoms with Gasteiger partial charge in [-0.15, -0.1) is 0 Å². The van der Waals surface area contributed by atoms with Crippen LogP contribution in [0, 0.1) is 35.5 Å². The third kappa shape index (κ3) is 14.6. The molecule has 4 N–H and O–H groups in total. The number of allylic oxidation sites excluding steroid dienone is 1. The summed E-state index contributed by atoms with van der Waals surface area (Å²) in [5.41, 5.74) is 6.27. The van der Waals surface area contributed by atoms with E-state index in [-0.39, 0.29) is 51.4 Å². The molecule has 0 aliphatic heterocycles. The standard InChI is InChI=1S/C27H34O2.C14H24O.C13H10O3.2Fe/c1-19(20-6-2-3-7-20)18-26(21-8-4-5-9-21)27(22-10-14-24(28)15-11-22)23-12-16-25(29)17-13-23;1-11(12-6-2-3-7-12)10-14(15)13-8-4-5-9-13;14-11-5-1-9(2-6-11)13(16)10-3-7-12(15)8-4-10;;/h10-17,19-21,28-29H,2-9,18H2,1H3;11-13H,2-10H2,1H3;1-8,14-15H;;/t19-;11-;;;/m11.../s1. The van der Waals surface area contributed by atoms with E-state index in [1.165, 1.54) is 144 Å². The fourth-order valence-electron chi connectivity index (χ4n) is 10.4. The molecule has 2 atom stereocenters. The average molecular weight is 925 g/mol. The quantitative estimate of drug-likeness (QED) is 0.0831. The molecule has 0 radical (unpaired) electrons. The molecule has 0 aromatic heterocycles. The summed E-state index contributed by atoms with van der Waals surface area (Å²) in [6.07, 6.45) is 23.3. The molecule has 4 fully saturated rings. The molecule has 0 heterocycles. The summed E-state index contributed by atoms with van der Waals surface area (Å²) in [5.74, 6) is 5.46. The van der Waals surface area contributed by atoms with Gasteiger partial charge in [0, 0.05) is 57.6 Å². The Morgan fingerprint density at radius 2 is 0.726 bits per heavy atom. The molecule has 8 heteroatoms. The minimum absolute atomic E-state index is 0. The summed E-state index contributed by atoms with van der Waals surface area (Å²) in [6.45, 7) is 4.75. The average Bonchev–Trinajstić information content (AvgIpc) is 4.12. The van der Waals surface area contributed by atoms with Gasteiger partial charge in [-0.3, -0.25) is 9.59 Å². The van der Waals surface area contributed by atoms with E-state index in [1.54, 1.807) is 54.1 Å². The summed E-state index contributed by atoms with van der Waals surface area (Å²) in [7, 11) is 0. The fraction of sp³-hybridized carbons (Fsp3) is 0.481. The Balaban J connectivity index is 0.000000218. The summed E-state index contributed by atoms with van der Waals surface area (Å²) >= 11 is 0. The van der Waals surface area contributed by atoms with E-state index in [1.807, 2.05) is 24.3 Å². The third-order valence-corrected chi connectivity index (χ3v) is 14.0. The topological polar surface area (TPSA) is 115 Å². The van der Waals surface area contributed by atoms with Crippen molar-refractivity contribution in [1.29, 1.82) is 0 Å². The number of hydrogen-bond donors (Lipinski definition) is 4. The molecule has 4 aliphatic carbocycles. The van der Waals surface area contributed by atoms with Crippen molar-refractivity contribution in [2.24, 2.45) is 35.5 Å². The van der Waals surface area contributed by atoms with Crippen molar-refractivity contribution in [2.45, 2.75) is 129 Å². The SMILES string of the molecule is C[C@H](CC(=C(c1ccc(O)cc1)c1ccc(O)cc1)C1CCCC1)C1CCCC1.C[C@H](CC(=O)C1CCCC1)C1CCCC1.O=C(c1ccc(O)cc1)c1ccc(O)cc1.[Fe].[Fe]. The molecular formula is C54H68Fe2O6. The zero-order valence-electron chi connectivity index (χ0n) is 36.7. The van der Waals surface area contributed by atoms with Gasteiger partial charge in [-0.25, -0.2) is 0 Å². The molecule has 0 saturated heterocycles. The van der Waals surface area contributed by atoms with Crippen LogP contribution < -0.4 is 0 Å². The zero-order chi connectivity index (χ0) is 42.4. The molecule has 0 unspecified atom stereocenters. The van der Waals surface area contributed by atoms with Crippen LogP contribution in [0.1, 0.15) is 156 Å². The van der Waals surface area contributed by atoms with Gasteiger partial charge in [0.05, 0.1) is 0 Å². The first-order valence-corrected chi connectivity index (χ1v) is 23.0. The Hall–Kier alpha value is -3.80. The Labute approximate surface area is 392 Å².